The third-order valence-corrected chi connectivity index (χ3v) is 2.00. The molecule has 58 valence electrons. The second kappa shape index (κ2) is 2.72. The number of ketones is 1. The predicted octanol–water partition coefficient (Wildman–Crippen LogP) is 0.901. The molecule has 0 radical (unpaired) electrons. The summed E-state index contributed by atoms with van der Waals surface area (Å²) in [6, 6.07) is 0. The van der Waals surface area contributed by atoms with Crippen molar-refractivity contribution in [2.45, 2.75) is 18.9 Å². The minimum absolute atomic E-state index is 0. The molecular weight excluding hydrogens is 150 g/mol. The Hall–Kier alpha value is -0.340. The first-order chi connectivity index (χ1) is 4.11. The maximum atomic E-state index is 10.7. The zero-order valence-electron chi connectivity index (χ0n) is 5.96. The van der Waals surface area contributed by atoms with Crippen LogP contribution in [0, 0.1) is 5.92 Å². The first-order valence-electron chi connectivity index (χ1n) is 3.03. The fourth-order valence-electron chi connectivity index (χ4n) is 1.00. The molecule has 0 aromatic heterocycles. The van der Waals surface area contributed by atoms with Gasteiger partial charge in [0.15, 0.2) is 0 Å². The molecule has 1 saturated carbocycles. The smallest absolute Gasteiger partial charge is 0.150 e. The van der Waals surface area contributed by atoms with Crippen molar-refractivity contribution in [1.82, 2.24) is 0 Å². The monoisotopic (exact) mass is 161 g/mol. The molecule has 0 spiro atoms. The molecule has 3 heteroatoms. The molecule has 0 aliphatic heterocycles. The Morgan fingerprint density at radius 1 is 1.90 bits per heavy atom. The largest absolute Gasteiger partial charge is 0.318 e. The molecular formula is C7H12ClNO. The lowest BCUT2D eigenvalue weighted by molar-refractivity contribution is -0.119. The van der Waals surface area contributed by atoms with Crippen molar-refractivity contribution < 1.29 is 4.79 Å². The lowest BCUT2D eigenvalue weighted by Gasteiger charge is -2.01. The fourth-order valence-corrected chi connectivity index (χ4v) is 1.00. The summed E-state index contributed by atoms with van der Waals surface area (Å²) in [5.74, 6) is 0.308. The Balaban J connectivity index is 0.000000810. The lowest BCUT2D eigenvalue weighted by Crippen LogP contribution is -2.32. The first kappa shape index (κ1) is 9.66. The summed E-state index contributed by atoms with van der Waals surface area (Å²) in [5.41, 5.74) is 5.08. The maximum Gasteiger partial charge on any atom is 0.150 e. The Morgan fingerprint density at radius 2 is 2.40 bits per heavy atom. The van der Waals surface area contributed by atoms with E-state index in [2.05, 4.69) is 6.58 Å². The highest BCUT2D eigenvalue weighted by molar-refractivity contribution is 5.90. The van der Waals surface area contributed by atoms with Crippen LogP contribution < -0.4 is 5.73 Å². The molecule has 0 amide bonds. The molecule has 0 heterocycles. The number of hydrogen-bond donors (Lipinski definition) is 1. The number of rotatable bonds is 2. The van der Waals surface area contributed by atoms with Crippen molar-refractivity contribution in [3.8, 4) is 0 Å². The van der Waals surface area contributed by atoms with Crippen LogP contribution in [0.4, 0.5) is 0 Å². The molecule has 10 heavy (non-hydrogen) atoms. The molecule has 2 atom stereocenters. The second-order valence-corrected chi connectivity index (χ2v) is 2.64. The van der Waals surface area contributed by atoms with Crippen molar-refractivity contribution in [1.29, 1.82) is 0 Å². The van der Waals surface area contributed by atoms with E-state index in [1.54, 1.807) is 6.08 Å². The van der Waals surface area contributed by atoms with Crippen LogP contribution in [0.15, 0.2) is 12.7 Å². The van der Waals surface area contributed by atoms with Gasteiger partial charge in [-0.1, -0.05) is 6.08 Å². The van der Waals surface area contributed by atoms with Crippen molar-refractivity contribution in [3.05, 3.63) is 12.7 Å². The van der Waals surface area contributed by atoms with Crippen LogP contribution in [0.25, 0.3) is 0 Å². The van der Waals surface area contributed by atoms with Crippen LogP contribution in [-0.2, 0) is 4.79 Å². The predicted molar refractivity (Wildman–Crippen MR) is 43.2 cm³/mol. The van der Waals surface area contributed by atoms with Crippen LogP contribution >= 0.6 is 12.4 Å². The van der Waals surface area contributed by atoms with Gasteiger partial charge in [-0.15, -0.1) is 19.0 Å². The number of carbonyl (C=O) groups excluding carboxylic acids is 1. The highest BCUT2D eigenvalue weighted by atomic mass is 35.5. The molecule has 0 aromatic rings. The quantitative estimate of drug-likeness (QED) is 0.612. The van der Waals surface area contributed by atoms with E-state index in [9.17, 15) is 4.79 Å². The van der Waals surface area contributed by atoms with Crippen molar-refractivity contribution in [3.63, 3.8) is 0 Å². The van der Waals surface area contributed by atoms with E-state index in [4.69, 9.17) is 5.73 Å². The Labute approximate surface area is 66.9 Å². The summed E-state index contributed by atoms with van der Waals surface area (Å²) in [7, 11) is 0. The van der Waals surface area contributed by atoms with Gasteiger partial charge in [-0.25, -0.2) is 0 Å². The summed E-state index contributed by atoms with van der Waals surface area (Å²) in [6.45, 7) is 5.10. The molecule has 0 saturated heterocycles. The molecule has 1 unspecified atom stereocenters. The minimum atomic E-state index is -0.540. The maximum absolute atomic E-state index is 10.7. The van der Waals surface area contributed by atoms with Gasteiger partial charge in [0.1, 0.15) is 5.78 Å². The van der Waals surface area contributed by atoms with Crippen LogP contribution in [0.2, 0.25) is 0 Å². The van der Waals surface area contributed by atoms with Crippen molar-refractivity contribution in [2.24, 2.45) is 11.7 Å². The molecule has 1 aliphatic rings. The normalized spacial score (nSPS) is 36.0. The van der Waals surface area contributed by atoms with Gasteiger partial charge in [-0.3, -0.25) is 4.79 Å². The highest BCUT2D eigenvalue weighted by Crippen LogP contribution is 2.42. The van der Waals surface area contributed by atoms with Gasteiger partial charge in [0.2, 0.25) is 0 Å². The Kier molecular flexibility index (Phi) is 2.63. The van der Waals surface area contributed by atoms with Crippen LogP contribution in [0.5, 0.6) is 0 Å². The molecule has 2 N–H and O–H groups in total. The number of Topliss-reactive ketones (excluding diaryl/α,β-unsaturated/α-hetero) is 1. The Bertz CT molecular complexity index is 169. The third-order valence-electron chi connectivity index (χ3n) is 2.00. The van der Waals surface area contributed by atoms with Gasteiger partial charge in [-0.2, -0.15) is 0 Å². The second-order valence-electron chi connectivity index (χ2n) is 2.64. The van der Waals surface area contributed by atoms with Gasteiger partial charge < -0.3 is 5.73 Å². The van der Waals surface area contributed by atoms with E-state index in [0.29, 0.717) is 0 Å². The molecule has 1 fully saturated rings. The topological polar surface area (TPSA) is 43.1 Å². The van der Waals surface area contributed by atoms with Gasteiger partial charge in [0.25, 0.3) is 0 Å². The molecule has 0 aromatic carbocycles. The SMILES string of the molecule is C=CC1C[C@]1(N)C(C)=O.Cl. The standard InChI is InChI=1S/C7H11NO.ClH/c1-3-6-4-7(6,8)5(2)9;/h3,6H,1,4,8H2,2H3;1H/t6?,7-;/m0./s1. The number of halogens is 1. The van der Waals surface area contributed by atoms with E-state index in [-0.39, 0.29) is 24.1 Å². The highest BCUT2D eigenvalue weighted by Gasteiger charge is 2.52. The van der Waals surface area contributed by atoms with E-state index in [0.717, 1.165) is 6.42 Å². The average molecular weight is 162 g/mol. The van der Waals surface area contributed by atoms with Crippen molar-refractivity contribution >= 4 is 18.2 Å². The van der Waals surface area contributed by atoms with Gasteiger partial charge in [-0.05, 0) is 13.3 Å². The molecule has 1 aliphatic carbocycles. The minimum Gasteiger partial charge on any atom is -0.318 e. The zero-order valence-corrected chi connectivity index (χ0v) is 6.78. The van der Waals surface area contributed by atoms with E-state index in [1.165, 1.54) is 6.92 Å². The third kappa shape index (κ3) is 1.22. The van der Waals surface area contributed by atoms with Gasteiger partial charge >= 0.3 is 0 Å². The number of nitrogens with two attached hydrogens (primary N) is 1. The number of hydrogen-bond acceptors (Lipinski definition) is 2. The van der Waals surface area contributed by atoms with Gasteiger partial charge in [0, 0.05) is 5.92 Å². The molecule has 2 nitrogen and oxygen atoms in total. The first-order valence-corrected chi connectivity index (χ1v) is 3.03. The van der Waals surface area contributed by atoms with Gasteiger partial charge in [0.05, 0.1) is 5.54 Å². The summed E-state index contributed by atoms with van der Waals surface area (Å²) in [5, 5.41) is 0. The van der Waals surface area contributed by atoms with E-state index in [1.807, 2.05) is 0 Å². The van der Waals surface area contributed by atoms with E-state index >= 15 is 0 Å². The molecule has 0 bridgehead atoms. The number of carbonyl (C=O) groups is 1. The van der Waals surface area contributed by atoms with Crippen LogP contribution in [0.3, 0.4) is 0 Å². The average Bonchev–Trinajstić information content (AvgIpc) is 2.44. The fraction of sp³-hybridized carbons (Fsp3) is 0.571. The zero-order chi connectivity index (χ0) is 7.07. The summed E-state index contributed by atoms with van der Waals surface area (Å²) in [4.78, 5) is 10.7. The summed E-state index contributed by atoms with van der Waals surface area (Å²) < 4.78 is 0. The van der Waals surface area contributed by atoms with Crippen LogP contribution in [0.1, 0.15) is 13.3 Å². The van der Waals surface area contributed by atoms with Crippen LogP contribution in [-0.4, -0.2) is 11.3 Å². The summed E-state index contributed by atoms with van der Waals surface area (Å²) in [6.07, 6.45) is 2.53. The van der Waals surface area contributed by atoms with E-state index < -0.39 is 5.54 Å². The van der Waals surface area contributed by atoms with Crippen molar-refractivity contribution in [2.75, 3.05) is 0 Å². The Morgan fingerprint density at radius 3 is 2.50 bits per heavy atom. The molecule has 1 rings (SSSR count). The lowest BCUT2D eigenvalue weighted by atomic mass is 10.1. The summed E-state index contributed by atoms with van der Waals surface area (Å²) >= 11 is 0.